The van der Waals surface area contributed by atoms with Crippen LogP contribution in [-0.2, 0) is 4.74 Å². The van der Waals surface area contributed by atoms with Gasteiger partial charge < -0.3 is 9.64 Å². The molecule has 2 aromatic rings. The first-order valence-electron chi connectivity index (χ1n) is 5.86. The minimum Gasteiger partial charge on any atom is -0.464 e. The lowest BCUT2D eigenvalue weighted by Gasteiger charge is -2.15. The Kier molecular flexibility index (Phi) is 4.01. The number of thiazole rings is 1. The second kappa shape index (κ2) is 5.72. The van der Waals surface area contributed by atoms with Crippen LogP contribution in [0.5, 0.6) is 0 Å². The van der Waals surface area contributed by atoms with Crippen molar-refractivity contribution in [2.24, 2.45) is 0 Å². The Balaban J connectivity index is 2.31. The van der Waals surface area contributed by atoms with Crippen LogP contribution in [0.15, 0.2) is 24.3 Å². The van der Waals surface area contributed by atoms with Crippen LogP contribution < -0.4 is 4.90 Å². The van der Waals surface area contributed by atoms with Crippen molar-refractivity contribution in [2.75, 3.05) is 19.1 Å². The molecule has 0 spiro atoms. The number of esters is 1. The molecule has 0 aliphatic carbocycles. The molecule has 0 bridgehead atoms. The number of aromatic nitrogens is 1. The summed E-state index contributed by atoms with van der Waals surface area (Å²) < 4.78 is 4.70. The van der Waals surface area contributed by atoms with Gasteiger partial charge in [0, 0.05) is 17.6 Å². The lowest BCUT2D eigenvalue weighted by Crippen LogP contribution is -2.10. The van der Waals surface area contributed by atoms with Crippen molar-refractivity contribution in [1.82, 2.24) is 4.98 Å². The molecule has 0 saturated carbocycles. The number of rotatable bonds is 3. The molecule has 0 aliphatic rings. The fourth-order valence-corrected chi connectivity index (χ4v) is 2.56. The minimum atomic E-state index is -0.432. The smallest absolute Gasteiger partial charge is 0.357 e. The fourth-order valence-electron chi connectivity index (χ4n) is 1.68. The molecule has 0 amide bonds. The van der Waals surface area contributed by atoms with Gasteiger partial charge in [-0.3, -0.25) is 0 Å². The van der Waals surface area contributed by atoms with Crippen LogP contribution in [0.25, 0.3) is 0 Å². The van der Waals surface area contributed by atoms with Gasteiger partial charge in [0.15, 0.2) is 10.8 Å². The molecule has 0 N–H and O–H groups in total. The molecule has 2 rings (SSSR count). The maximum absolute atomic E-state index is 11.6. The van der Waals surface area contributed by atoms with Gasteiger partial charge in [-0.25, -0.2) is 9.78 Å². The molecule has 6 heteroatoms. The monoisotopic (exact) mass is 287 g/mol. The number of carbonyl (C=O) groups excluding carboxylic acids is 1. The third-order valence-electron chi connectivity index (χ3n) is 2.83. The first-order chi connectivity index (χ1) is 9.56. The van der Waals surface area contributed by atoms with E-state index in [1.165, 1.54) is 18.4 Å². The Bertz CT molecular complexity index is 671. The molecule has 0 saturated heterocycles. The number of ether oxygens (including phenoxy) is 1. The maximum Gasteiger partial charge on any atom is 0.357 e. The van der Waals surface area contributed by atoms with Gasteiger partial charge in [0.1, 0.15) is 0 Å². The van der Waals surface area contributed by atoms with Gasteiger partial charge >= 0.3 is 5.97 Å². The van der Waals surface area contributed by atoms with Crippen LogP contribution >= 0.6 is 11.3 Å². The molecule has 0 radical (unpaired) electrons. The maximum atomic E-state index is 11.6. The van der Waals surface area contributed by atoms with Gasteiger partial charge in [-0.1, -0.05) is 0 Å². The van der Waals surface area contributed by atoms with E-state index < -0.39 is 5.97 Å². The Morgan fingerprint density at radius 3 is 2.60 bits per heavy atom. The number of carbonyl (C=O) groups is 1. The number of anilines is 2. The highest BCUT2D eigenvalue weighted by molar-refractivity contribution is 7.15. The summed E-state index contributed by atoms with van der Waals surface area (Å²) in [7, 11) is 3.20. The van der Waals surface area contributed by atoms with Gasteiger partial charge in [-0.05, 0) is 31.2 Å². The standard InChI is InChI=1S/C14H13N3O2S/c1-9-12(13(18)19-3)16-14(20-9)17(2)11-6-4-10(8-15)5-7-11/h4-7H,1-3H3. The van der Waals surface area contributed by atoms with Crippen molar-refractivity contribution in [3.8, 4) is 6.07 Å². The van der Waals surface area contributed by atoms with E-state index in [9.17, 15) is 4.79 Å². The Labute approximate surface area is 121 Å². The Morgan fingerprint density at radius 2 is 2.05 bits per heavy atom. The lowest BCUT2D eigenvalue weighted by molar-refractivity contribution is 0.0594. The van der Waals surface area contributed by atoms with E-state index in [-0.39, 0.29) is 0 Å². The number of hydrogen-bond donors (Lipinski definition) is 0. The van der Waals surface area contributed by atoms with E-state index in [4.69, 9.17) is 10.00 Å². The summed E-state index contributed by atoms with van der Waals surface area (Å²) in [6.07, 6.45) is 0. The van der Waals surface area contributed by atoms with E-state index >= 15 is 0 Å². The molecule has 102 valence electrons. The average Bonchev–Trinajstić information content (AvgIpc) is 2.87. The van der Waals surface area contributed by atoms with Crippen LogP contribution in [0.1, 0.15) is 20.9 Å². The van der Waals surface area contributed by atoms with Gasteiger partial charge in [-0.2, -0.15) is 5.26 Å². The molecule has 5 nitrogen and oxygen atoms in total. The fraction of sp³-hybridized carbons (Fsp3) is 0.214. The first-order valence-corrected chi connectivity index (χ1v) is 6.68. The van der Waals surface area contributed by atoms with Gasteiger partial charge in [0.2, 0.25) is 0 Å². The largest absolute Gasteiger partial charge is 0.464 e. The highest BCUT2D eigenvalue weighted by atomic mass is 32.1. The summed E-state index contributed by atoms with van der Waals surface area (Å²) in [6.45, 7) is 1.83. The lowest BCUT2D eigenvalue weighted by atomic mass is 10.2. The number of hydrogen-bond acceptors (Lipinski definition) is 6. The normalized spacial score (nSPS) is 9.90. The molecule has 1 heterocycles. The van der Waals surface area contributed by atoms with Crippen LogP contribution in [-0.4, -0.2) is 25.1 Å². The zero-order chi connectivity index (χ0) is 14.7. The van der Waals surface area contributed by atoms with Crippen molar-refractivity contribution in [3.63, 3.8) is 0 Å². The Morgan fingerprint density at radius 1 is 1.40 bits per heavy atom. The highest BCUT2D eigenvalue weighted by Crippen LogP contribution is 2.30. The SMILES string of the molecule is COC(=O)c1nc(N(C)c2ccc(C#N)cc2)sc1C. The zero-order valence-electron chi connectivity index (χ0n) is 11.4. The van der Waals surface area contributed by atoms with Crippen molar-refractivity contribution in [3.05, 3.63) is 40.4 Å². The van der Waals surface area contributed by atoms with E-state index in [0.29, 0.717) is 16.4 Å². The second-order valence-corrected chi connectivity index (χ2v) is 5.29. The summed E-state index contributed by atoms with van der Waals surface area (Å²) in [5.41, 5.74) is 1.84. The van der Waals surface area contributed by atoms with Crippen LogP contribution in [0.4, 0.5) is 10.8 Å². The summed E-state index contributed by atoms with van der Waals surface area (Å²) in [6, 6.07) is 9.24. The van der Waals surface area contributed by atoms with E-state index in [0.717, 1.165) is 10.6 Å². The number of nitrogens with zero attached hydrogens (tertiary/aromatic N) is 3. The predicted molar refractivity (Wildman–Crippen MR) is 77.4 cm³/mol. The summed E-state index contributed by atoms with van der Waals surface area (Å²) in [4.78, 5) is 18.5. The minimum absolute atomic E-state index is 0.341. The quantitative estimate of drug-likeness (QED) is 0.812. The summed E-state index contributed by atoms with van der Waals surface area (Å²) in [5.74, 6) is -0.432. The average molecular weight is 287 g/mol. The van der Waals surface area contributed by atoms with E-state index in [1.807, 2.05) is 31.0 Å². The van der Waals surface area contributed by atoms with Crippen LogP contribution in [0.2, 0.25) is 0 Å². The van der Waals surface area contributed by atoms with Crippen molar-refractivity contribution < 1.29 is 9.53 Å². The highest BCUT2D eigenvalue weighted by Gasteiger charge is 2.18. The van der Waals surface area contributed by atoms with Gasteiger partial charge in [0.05, 0.1) is 18.7 Å². The third kappa shape index (κ3) is 2.63. The topological polar surface area (TPSA) is 66.2 Å². The van der Waals surface area contributed by atoms with Gasteiger partial charge in [-0.15, -0.1) is 11.3 Å². The molecule has 0 atom stereocenters. The molecule has 0 fully saturated rings. The molecule has 0 aliphatic heterocycles. The van der Waals surface area contributed by atoms with Crippen LogP contribution in [0, 0.1) is 18.3 Å². The third-order valence-corrected chi connectivity index (χ3v) is 3.88. The van der Waals surface area contributed by atoms with Crippen molar-refractivity contribution in [1.29, 1.82) is 5.26 Å². The van der Waals surface area contributed by atoms with E-state index in [1.54, 1.807) is 12.1 Å². The molecular weight excluding hydrogens is 274 g/mol. The molecule has 1 aromatic heterocycles. The predicted octanol–water partition coefficient (Wildman–Crippen LogP) is 2.88. The zero-order valence-corrected chi connectivity index (χ0v) is 12.2. The molecule has 20 heavy (non-hydrogen) atoms. The molecule has 1 aromatic carbocycles. The summed E-state index contributed by atoms with van der Waals surface area (Å²) in [5, 5.41) is 9.49. The number of aryl methyl sites for hydroxylation is 1. The van der Waals surface area contributed by atoms with Crippen LogP contribution in [0.3, 0.4) is 0 Å². The second-order valence-electron chi connectivity index (χ2n) is 4.11. The van der Waals surface area contributed by atoms with Crippen molar-refractivity contribution >= 4 is 28.1 Å². The molecular formula is C14H13N3O2S. The summed E-state index contributed by atoms with van der Waals surface area (Å²) >= 11 is 1.42. The first kappa shape index (κ1) is 14.0. The number of benzene rings is 1. The number of methoxy groups -OCH3 is 1. The van der Waals surface area contributed by atoms with Gasteiger partial charge in [0.25, 0.3) is 0 Å². The number of nitriles is 1. The van der Waals surface area contributed by atoms with Crippen molar-refractivity contribution in [2.45, 2.75) is 6.92 Å². The Hall–Kier alpha value is -2.39. The molecule has 0 unspecified atom stereocenters. The van der Waals surface area contributed by atoms with E-state index in [2.05, 4.69) is 11.1 Å².